The molecule has 2 atom stereocenters. The number of nitrogens with one attached hydrogen (secondary N) is 2. The quantitative estimate of drug-likeness (QED) is 0.0590. The van der Waals surface area contributed by atoms with E-state index >= 15 is 0 Å². The Hall–Kier alpha value is -5.29. The number of ether oxygens (including phenoxy) is 2. The normalized spacial score (nSPS) is 13.3. The van der Waals surface area contributed by atoms with E-state index in [9.17, 15) is 38.0 Å². The molecule has 4 aromatic carbocycles. The minimum Gasteiger partial charge on any atom is -0.439 e. The molecule has 2 aromatic heterocycles. The second-order valence-corrected chi connectivity index (χ2v) is 23.2. The average molecular weight is 1080 g/mol. The van der Waals surface area contributed by atoms with Crippen molar-refractivity contribution in [3.63, 3.8) is 0 Å². The zero-order chi connectivity index (χ0) is 54.5. The molecule has 14 nitrogen and oxygen atoms in total. The summed E-state index contributed by atoms with van der Waals surface area (Å²) in [4.78, 5) is 0. The lowest BCUT2D eigenvalue weighted by atomic mass is 9.93. The van der Waals surface area contributed by atoms with E-state index in [1.165, 1.54) is 20.8 Å². The number of aliphatic hydroxyl groups excluding tert-OH is 1. The first-order valence-corrected chi connectivity index (χ1v) is 28.7. The fraction of sp³-hybridized carbons (Fsp3) is 0.423. The minimum absolute atomic E-state index is 0.0168. The van der Waals surface area contributed by atoms with Gasteiger partial charge in [0, 0.05) is 49.4 Å². The van der Waals surface area contributed by atoms with Crippen molar-refractivity contribution in [2.75, 3.05) is 24.6 Å². The summed E-state index contributed by atoms with van der Waals surface area (Å²) >= 11 is -4.93. The molecule has 21 heteroatoms. The predicted octanol–water partition coefficient (Wildman–Crippen LogP) is 12.9. The third-order valence-electron chi connectivity index (χ3n) is 11.6. The molecular formula is C52H71F4N7O7S3. The average Bonchev–Trinajstić information content (AvgIpc) is 3.95. The van der Waals surface area contributed by atoms with Crippen molar-refractivity contribution in [1.29, 1.82) is 0 Å². The van der Waals surface area contributed by atoms with Gasteiger partial charge in [-0.1, -0.05) is 74.5 Å². The van der Waals surface area contributed by atoms with Crippen molar-refractivity contribution in [2.24, 2.45) is 0 Å². The van der Waals surface area contributed by atoms with Crippen LogP contribution in [-0.4, -0.2) is 70.4 Å². The van der Waals surface area contributed by atoms with Gasteiger partial charge in [0.15, 0.2) is 0 Å². The van der Waals surface area contributed by atoms with Gasteiger partial charge in [-0.3, -0.25) is 0 Å². The van der Waals surface area contributed by atoms with Gasteiger partial charge < -0.3 is 14.6 Å². The molecule has 3 N–H and O–H groups in total. The summed E-state index contributed by atoms with van der Waals surface area (Å²) in [6, 6.07) is 33.2. The third kappa shape index (κ3) is 17.4. The number of hydrogen-bond donors (Lipinski definition) is 3. The van der Waals surface area contributed by atoms with Crippen LogP contribution >= 0.6 is 11.4 Å². The molecular weight excluding hydrogens is 1010 g/mol. The summed E-state index contributed by atoms with van der Waals surface area (Å²) in [6.07, 6.45) is -1.56. The van der Waals surface area contributed by atoms with Crippen molar-refractivity contribution in [1.82, 2.24) is 33.3 Å². The van der Waals surface area contributed by atoms with Crippen molar-refractivity contribution in [3.05, 3.63) is 131 Å². The molecule has 402 valence electrons. The molecule has 6 aromatic rings. The fourth-order valence-corrected chi connectivity index (χ4v) is 9.91. The largest absolute Gasteiger partial charge is 0.439 e. The molecule has 0 saturated heterocycles. The number of aromatic nitrogens is 4. The first-order valence-electron chi connectivity index (χ1n) is 24.1. The van der Waals surface area contributed by atoms with E-state index in [1.54, 1.807) is 54.4 Å². The topological polar surface area (TPSA) is 170 Å². The number of nitrogens with zero attached hydrogens (tertiary/aromatic N) is 5. The number of aryl methyl sites for hydroxylation is 2. The van der Waals surface area contributed by atoms with Crippen molar-refractivity contribution < 1.29 is 47.5 Å². The van der Waals surface area contributed by atoms with Crippen molar-refractivity contribution in [3.8, 4) is 45.8 Å². The third-order valence-corrected chi connectivity index (χ3v) is 15.8. The van der Waals surface area contributed by atoms with Crippen LogP contribution < -0.4 is 18.9 Å². The summed E-state index contributed by atoms with van der Waals surface area (Å²) in [5.41, 5.74) is 4.73. The van der Waals surface area contributed by atoms with Crippen LogP contribution in [0.25, 0.3) is 22.5 Å². The molecule has 0 fully saturated rings. The van der Waals surface area contributed by atoms with E-state index < -0.39 is 54.8 Å². The first kappa shape index (κ1) is 60.3. The molecule has 0 spiro atoms. The fourth-order valence-electron chi connectivity index (χ4n) is 7.25. The summed E-state index contributed by atoms with van der Waals surface area (Å²) < 4.78 is 119. The number of rotatable bonds is 21. The highest BCUT2D eigenvalue weighted by molar-refractivity contribution is 8.18. The summed E-state index contributed by atoms with van der Waals surface area (Å²) in [5.74, 6) is 2.46. The van der Waals surface area contributed by atoms with Crippen LogP contribution in [0.5, 0.6) is 23.3 Å². The lowest BCUT2D eigenvalue weighted by Crippen LogP contribution is -2.41. The van der Waals surface area contributed by atoms with E-state index in [2.05, 4.69) is 19.6 Å². The lowest BCUT2D eigenvalue weighted by Gasteiger charge is -2.26. The van der Waals surface area contributed by atoms with Gasteiger partial charge in [-0.05, 0) is 128 Å². The number of aliphatic hydroxyl groups is 1. The Morgan fingerprint density at radius 3 is 1.26 bits per heavy atom. The molecule has 0 saturated carbocycles. The first-order chi connectivity index (χ1) is 34.1. The number of benzene rings is 4. The molecule has 2 heterocycles. The van der Waals surface area contributed by atoms with E-state index in [4.69, 9.17) is 9.47 Å². The van der Waals surface area contributed by atoms with Crippen LogP contribution in [-0.2, 0) is 44.2 Å². The van der Waals surface area contributed by atoms with Crippen LogP contribution in [0, 0.1) is 0 Å². The minimum atomic E-state index is -4.93. The van der Waals surface area contributed by atoms with Gasteiger partial charge in [-0.15, -0.1) is 11.7 Å². The van der Waals surface area contributed by atoms with Gasteiger partial charge in [0.2, 0.25) is 31.8 Å². The van der Waals surface area contributed by atoms with Crippen LogP contribution in [0.3, 0.4) is 0 Å². The summed E-state index contributed by atoms with van der Waals surface area (Å²) in [6.45, 7) is 22.1. The Balaban J connectivity index is 0.000000271. The van der Waals surface area contributed by atoms with Crippen LogP contribution in [0.2, 0.25) is 0 Å². The Kier molecular flexibility index (Phi) is 21.3. The van der Waals surface area contributed by atoms with Crippen LogP contribution in [0.4, 0.5) is 16.0 Å². The molecule has 0 amide bonds. The van der Waals surface area contributed by atoms with Gasteiger partial charge in [0.05, 0.1) is 40.1 Å². The standard InChI is InChI=1S/C24H30FN3O3S.C24H31N3O4S.C4H10F3NS/c1-6-28-23(31-21-13-11-18(12-14-21)17(3)25)16-22(26-28)19-9-8-10-20(15-19)24(4,5)27-32(29,30)7-2;1-6-27-23(31-21-13-11-18(12-14-21)17(3)28)16-22(25-27)19-9-8-10-20(15-19)24(4,5)26-32(29,30)7-2;1-3-8(4-2)9(5,6)7/h8-17,27H,6-7H2,1-5H3;8-17,26,28H,6-7H2,1-5H3;3-4H2,1-2H3. The molecule has 0 aliphatic rings. The molecule has 6 rings (SSSR count). The van der Waals surface area contributed by atoms with Crippen molar-refractivity contribution >= 4 is 31.4 Å². The maximum atomic E-state index is 13.4. The van der Waals surface area contributed by atoms with E-state index in [-0.39, 0.29) is 24.6 Å². The monoisotopic (exact) mass is 1080 g/mol. The molecule has 0 aliphatic heterocycles. The molecule has 73 heavy (non-hydrogen) atoms. The Labute approximate surface area is 431 Å². The van der Waals surface area contributed by atoms with Gasteiger partial charge in [0.25, 0.3) is 11.4 Å². The Morgan fingerprint density at radius 2 is 0.973 bits per heavy atom. The Morgan fingerprint density at radius 1 is 0.603 bits per heavy atom. The summed E-state index contributed by atoms with van der Waals surface area (Å²) in [5, 5.41) is 19.0. The van der Waals surface area contributed by atoms with Crippen molar-refractivity contribution in [2.45, 2.75) is 120 Å². The summed E-state index contributed by atoms with van der Waals surface area (Å²) in [7, 11) is -6.72. The van der Waals surface area contributed by atoms with Gasteiger partial charge in [-0.25, -0.2) is 40.0 Å². The second-order valence-electron chi connectivity index (χ2n) is 17.9. The highest BCUT2D eigenvalue weighted by Crippen LogP contribution is 2.56. The molecule has 0 aliphatic carbocycles. The number of halogens is 4. The number of sulfonamides is 2. The van der Waals surface area contributed by atoms with E-state index in [1.807, 2.05) is 126 Å². The SMILES string of the molecule is CCN(CC)S(F)(F)F.CCn1nc(-c2cccc(C(C)(C)NS(=O)(=O)CC)c2)cc1Oc1ccc(C(C)F)cc1.CCn1nc(-c2cccc(C(C)(C)NS(=O)(=O)CC)c2)cc1Oc1ccc(C(C)O)cc1. The molecule has 0 radical (unpaired) electrons. The van der Waals surface area contributed by atoms with Crippen LogP contribution in [0.15, 0.2) is 109 Å². The second kappa shape index (κ2) is 25.8. The highest BCUT2D eigenvalue weighted by atomic mass is 32.3. The van der Waals surface area contributed by atoms with Gasteiger partial charge in [-0.2, -0.15) is 14.5 Å². The zero-order valence-corrected chi connectivity index (χ0v) is 46.1. The maximum absolute atomic E-state index is 13.4. The predicted molar refractivity (Wildman–Crippen MR) is 285 cm³/mol. The highest BCUT2D eigenvalue weighted by Gasteiger charge is 2.29. The van der Waals surface area contributed by atoms with Crippen LogP contribution in [0.1, 0.15) is 118 Å². The number of alkyl halides is 1. The zero-order valence-electron chi connectivity index (χ0n) is 43.7. The van der Waals surface area contributed by atoms with Gasteiger partial charge >= 0.3 is 0 Å². The smallest absolute Gasteiger partial charge is 0.278 e. The molecule has 0 bridgehead atoms. The number of hydrogen-bond acceptors (Lipinski definition) is 10. The Bertz CT molecular complexity index is 2730. The molecule has 2 unspecified atom stereocenters. The maximum Gasteiger partial charge on any atom is 0.278 e. The lowest BCUT2D eigenvalue weighted by molar-refractivity contribution is 0.199. The van der Waals surface area contributed by atoms with E-state index in [0.717, 1.165) is 33.5 Å². The van der Waals surface area contributed by atoms with E-state index in [0.29, 0.717) is 51.9 Å². The van der Waals surface area contributed by atoms with Gasteiger partial charge in [0.1, 0.15) is 17.7 Å².